The van der Waals surface area contributed by atoms with Crippen LogP contribution in [0.4, 0.5) is 10.2 Å². The lowest BCUT2D eigenvalue weighted by Crippen LogP contribution is -2.15. The topological polar surface area (TPSA) is 99.0 Å². The van der Waals surface area contributed by atoms with Gasteiger partial charge in [-0.2, -0.15) is 5.10 Å². The molecule has 3 rings (SSSR count). The Kier molecular flexibility index (Phi) is 5.08. The van der Waals surface area contributed by atoms with Crippen molar-refractivity contribution >= 4 is 15.8 Å². The minimum Gasteiger partial charge on any atom is -0.491 e. The van der Waals surface area contributed by atoms with E-state index in [-0.39, 0.29) is 23.1 Å². The summed E-state index contributed by atoms with van der Waals surface area (Å²) in [5.41, 5.74) is 1.65. The maximum atomic E-state index is 14.0. The molecule has 142 valence electrons. The van der Waals surface area contributed by atoms with Gasteiger partial charge in [-0.05, 0) is 45.0 Å². The monoisotopic (exact) mass is 391 g/mol. The van der Waals surface area contributed by atoms with Crippen molar-refractivity contribution in [3.05, 3.63) is 53.9 Å². The van der Waals surface area contributed by atoms with Gasteiger partial charge in [-0.1, -0.05) is 0 Å². The van der Waals surface area contributed by atoms with E-state index in [4.69, 9.17) is 4.74 Å². The van der Waals surface area contributed by atoms with Gasteiger partial charge in [0.1, 0.15) is 12.1 Å². The zero-order valence-electron chi connectivity index (χ0n) is 15.0. The molecular formula is C17H18FN5O3S. The van der Waals surface area contributed by atoms with Crippen molar-refractivity contribution in [2.45, 2.75) is 25.7 Å². The molecule has 0 aliphatic heterocycles. The van der Waals surface area contributed by atoms with Gasteiger partial charge in [-0.3, -0.25) is 4.72 Å². The summed E-state index contributed by atoms with van der Waals surface area (Å²) >= 11 is 0. The van der Waals surface area contributed by atoms with Gasteiger partial charge >= 0.3 is 0 Å². The molecule has 8 nitrogen and oxygen atoms in total. The zero-order chi connectivity index (χ0) is 19.6. The van der Waals surface area contributed by atoms with E-state index in [1.54, 1.807) is 11.6 Å². The van der Waals surface area contributed by atoms with E-state index in [1.165, 1.54) is 24.5 Å². The first-order valence-corrected chi connectivity index (χ1v) is 9.59. The summed E-state index contributed by atoms with van der Waals surface area (Å²) in [6.45, 7) is 5.68. The number of aryl methyl sites for hydroxylation is 2. The average molecular weight is 391 g/mol. The van der Waals surface area contributed by atoms with Crippen LogP contribution in [0.1, 0.15) is 18.3 Å². The minimum atomic E-state index is -4.04. The van der Waals surface area contributed by atoms with Crippen molar-refractivity contribution < 1.29 is 17.5 Å². The molecule has 0 radical (unpaired) electrons. The molecule has 1 N–H and O–H groups in total. The molecule has 0 amide bonds. The smallest absolute Gasteiger partial charge is 0.263 e. The van der Waals surface area contributed by atoms with Gasteiger partial charge in [0.25, 0.3) is 10.0 Å². The van der Waals surface area contributed by atoms with Crippen LogP contribution in [-0.4, -0.2) is 34.8 Å². The average Bonchev–Trinajstić information content (AvgIpc) is 2.95. The van der Waals surface area contributed by atoms with E-state index in [0.717, 1.165) is 17.5 Å². The second-order valence-corrected chi connectivity index (χ2v) is 7.41. The summed E-state index contributed by atoms with van der Waals surface area (Å²) < 4.78 is 48.0. The molecule has 0 bridgehead atoms. The van der Waals surface area contributed by atoms with Crippen LogP contribution in [0.25, 0.3) is 5.82 Å². The first kappa shape index (κ1) is 18.8. The lowest BCUT2D eigenvalue weighted by atomic mass is 10.3. The van der Waals surface area contributed by atoms with E-state index in [0.29, 0.717) is 5.82 Å². The van der Waals surface area contributed by atoms with Crippen molar-refractivity contribution in [3.63, 3.8) is 0 Å². The molecule has 0 fully saturated rings. The summed E-state index contributed by atoms with van der Waals surface area (Å²) in [6.07, 6.45) is 1.22. The molecule has 10 heteroatoms. The van der Waals surface area contributed by atoms with Crippen molar-refractivity contribution in [1.82, 2.24) is 19.7 Å². The van der Waals surface area contributed by atoms with E-state index >= 15 is 0 Å². The number of hydrogen-bond acceptors (Lipinski definition) is 6. The van der Waals surface area contributed by atoms with Crippen molar-refractivity contribution in [2.75, 3.05) is 11.3 Å². The number of benzene rings is 1. The van der Waals surface area contributed by atoms with Gasteiger partial charge in [0, 0.05) is 11.8 Å². The fourth-order valence-electron chi connectivity index (χ4n) is 2.50. The zero-order valence-corrected chi connectivity index (χ0v) is 15.8. The number of rotatable bonds is 6. The van der Waals surface area contributed by atoms with Crippen LogP contribution in [0.2, 0.25) is 0 Å². The molecule has 0 unspecified atom stereocenters. The number of sulfonamides is 1. The number of nitrogens with one attached hydrogen (secondary N) is 1. The molecule has 0 saturated heterocycles. The SMILES string of the molecule is CCOc1ccc(S(=O)(=O)Nc2cc(-n3nc(C)cc3C)ncn2)cc1F. The first-order valence-electron chi connectivity index (χ1n) is 8.11. The number of anilines is 1. The van der Waals surface area contributed by atoms with Crippen LogP contribution in [0, 0.1) is 19.7 Å². The molecule has 0 aliphatic carbocycles. The van der Waals surface area contributed by atoms with Gasteiger partial charge in [0.05, 0.1) is 17.2 Å². The summed E-state index contributed by atoms with van der Waals surface area (Å²) in [5, 5.41) is 4.30. The van der Waals surface area contributed by atoms with Gasteiger partial charge < -0.3 is 4.74 Å². The summed E-state index contributed by atoms with van der Waals surface area (Å²) in [4.78, 5) is 7.79. The number of ether oxygens (including phenoxy) is 1. The lowest BCUT2D eigenvalue weighted by molar-refractivity contribution is 0.321. The Balaban J connectivity index is 1.89. The highest BCUT2D eigenvalue weighted by molar-refractivity contribution is 7.92. The Hall–Kier alpha value is -3.01. The molecule has 0 aliphatic rings. The quantitative estimate of drug-likeness (QED) is 0.693. The van der Waals surface area contributed by atoms with E-state index in [1.807, 2.05) is 19.9 Å². The Morgan fingerprint density at radius 2 is 1.96 bits per heavy atom. The molecule has 2 heterocycles. The third kappa shape index (κ3) is 4.05. The van der Waals surface area contributed by atoms with E-state index in [2.05, 4.69) is 19.8 Å². The lowest BCUT2D eigenvalue weighted by Gasteiger charge is -2.10. The Bertz CT molecular complexity index is 1080. The van der Waals surface area contributed by atoms with Crippen LogP contribution in [-0.2, 0) is 10.0 Å². The minimum absolute atomic E-state index is 0.00898. The summed E-state index contributed by atoms with van der Waals surface area (Å²) in [5.74, 6) is -0.316. The molecular weight excluding hydrogens is 373 g/mol. The second kappa shape index (κ2) is 7.31. The highest BCUT2D eigenvalue weighted by Gasteiger charge is 2.18. The number of halogens is 1. The molecule has 2 aromatic heterocycles. The van der Waals surface area contributed by atoms with Crippen LogP contribution in [0.3, 0.4) is 0 Å². The molecule has 3 aromatic rings. The van der Waals surface area contributed by atoms with Gasteiger partial charge in [0.15, 0.2) is 17.4 Å². The molecule has 1 aromatic carbocycles. The van der Waals surface area contributed by atoms with E-state index in [9.17, 15) is 12.8 Å². The van der Waals surface area contributed by atoms with Gasteiger partial charge in [-0.25, -0.2) is 27.5 Å². The summed E-state index contributed by atoms with van der Waals surface area (Å²) in [6, 6.07) is 6.75. The van der Waals surface area contributed by atoms with Crippen molar-refractivity contribution in [3.8, 4) is 11.6 Å². The maximum absolute atomic E-state index is 14.0. The van der Waals surface area contributed by atoms with Crippen LogP contribution < -0.4 is 9.46 Å². The highest BCUT2D eigenvalue weighted by Crippen LogP contribution is 2.23. The number of nitrogens with zero attached hydrogens (tertiary/aromatic N) is 4. The van der Waals surface area contributed by atoms with Crippen LogP contribution >= 0.6 is 0 Å². The van der Waals surface area contributed by atoms with Gasteiger partial charge in [-0.15, -0.1) is 0 Å². The molecule has 0 spiro atoms. The maximum Gasteiger partial charge on any atom is 0.263 e. The second-order valence-electron chi connectivity index (χ2n) is 5.73. The normalized spacial score (nSPS) is 11.4. The molecule has 0 saturated carbocycles. The number of aromatic nitrogens is 4. The first-order chi connectivity index (χ1) is 12.8. The third-order valence-corrected chi connectivity index (χ3v) is 4.98. The van der Waals surface area contributed by atoms with Crippen molar-refractivity contribution in [1.29, 1.82) is 0 Å². The predicted molar refractivity (Wildman–Crippen MR) is 97.0 cm³/mol. The standard InChI is InChI=1S/C17H18FN5O3S/c1-4-26-15-6-5-13(8-14(15)18)27(24,25)22-16-9-17(20-10-19-16)23-12(3)7-11(2)21-23/h5-10H,4H2,1-3H3,(H,19,20,22). The fraction of sp³-hybridized carbons (Fsp3) is 0.235. The van der Waals surface area contributed by atoms with Crippen LogP contribution in [0.5, 0.6) is 5.75 Å². The molecule has 27 heavy (non-hydrogen) atoms. The number of hydrogen-bond donors (Lipinski definition) is 1. The molecule has 0 atom stereocenters. The van der Waals surface area contributed by atoms with Gasteiger partial charge in [0.2, 0.25) is 0 Å². The highest BCUT2D eigenvalue weighted by atomic mass is 32.2. The Labute approximate surface area is 156 Å². The Morgan fingerprint density at radius 3 is 2.59 bits per heavy atom. The summed E-state index contributed by atoms with van der Waals surface area (Å²) in [7, 11) is -4.04. The van der Waals surface area contributed by atoms with Crippen molar-refractivity contribution in [2.24, 2.45) is 0 Å². The van der Waals surface area contributed by atoms with E-state index < -0.39 is 15.8 Å². The third-order valence-electron chi connectivity index (χ3n) is 3.63. The predicted octanol–water partition coefficient (Wildman–Crippen LogP) is 2.62. The van der Waals surface area contributed by atoms with Crippen LogP contribution in [0.15, 0.2) is 41.6 Å². The largest absolute Gasteiger partial charge is 0.491 e. The fourth-order valence-corrected chi connectivity index (χ4v) is 3.51. The Morgan fingerprint density at radius 1 is 1.19 bits per heavy atom.